The number of carbonyl (C=O) groups is 1. The molecule has 1 unspecified atom stereocenters. The number of amides is 1. The van der Waals surface area contributed by atoms with Crippen molar-refractivity contribution in [2.24, 2.45) is 5.92 Å². The predicted molar refractivity (Wildman–Crippen MR) is 80.1 cm³/mol. The molecule has 0 bridgehead atoms. The Kier molecular flexibility index (Phi) is 5.01. The second-order valence-corrected chi connectivity index (χ2v) is 5.66. The van der Waals surface area contributed by atoms with Crippen molar-refractivity contribution < 1.29 is 9.53 Å². The maximum Gasteiger partial charge on any atom is 0.253 e. The molecule has 1 aliphatic rings. The summed E-state index contributed by atoms with van der Waals surface area (Å²) in [6.45, 7) is 6.63. The molecule has 4 heteroatoms. The molecular weight excluding hydrogens is 252 g/mol. The van der Waals surface area contributed by atoms with Gasteiger partial charge in [0.1, 0.15) is 5.75 Å². The minimum Gasteiger partial charge on any atom is -0.491 e. The fourth-order valence-electron chi connectivity index (χ4n) is 2.63. The third kappa shape index (κ3) is 3.73. The summed E-state index contributed by atoms with van der Waals surface area (Å²) < 4.78 is 5.65. The maximum atomic E-state index is 12.5. The van der Waals surface area contributed by atoms with E-state index in [2.05, 4.69) is 5.32 Å². The van der Waals surface area contributed by atoms with Crippen LogP contribution in [0.15, 0.2) is 24.3 Å². The van der Waals surface area contributed by atoms with Gasteiger partial charge in [-0.3, -0.25) is 4.79 Å². The first-order chi connectivity index (χ1) is 9.60. The Balaban J connectivity index is 2.02. The molecule has 0 aliphatic carbocycles. The molecule has 0 spiro atoms. The Hall–Kier alpha value is -1.55. The van der Waals surface area contributed by atoms with Crippen LogP contribution in [0.3, 0.4) is 0 Å². The van der Waals surface area contributed by atoms with Gasteiger partial charge in [0.05, 0.1) is 6.10 Å². The summed E-state index contributed by atoms with van der Waals surface area (Å²) in [6.07, 6.45) is 1.20. The molecule has 1 fully saturated rings. The highest BCUT2D eigenvalue weighted by molar-refractivity contribution is 5.94. The van der Waals surface area contributed by atoms with E-state index in [9.17, 15) is 4.79 Å². The molecule has 110 valence electrons. The molecular formula is C16H24N2O2. The number of hydrogen-bond acceptors (Lipinski definition) is 3. The van der Waals surface area contributed by atoms with Crippen molar-refractivity contribution in [2.45, 2.75) is 26.4 Å². The van der Waals surface area contributed by atoms with Crippen LogP contribution in [0.1, 0.15) is 30.6 Å². The monoisotopic (exact) mass is 276 g/mol. The van der Waals surface area contributed by atoms with Crippen LogP contribution in [0.2, 0.25) is 0 Å². The van der Waals surface area contributed by atoms with Gasteiger partial charge in [-0.25, -0.2) is 0 Å². The van der Waals surface area contributed by atoms with Crippen LogP contribution in [-0.4, -0.2) is 43.6 Å². The molecule has 20 heavy (non-hydrogen) atoms. The van der Waals surface area contributed by atoms with Gasteiger partial charge in [0.2, 0.25) is 0 Å². The van der Waals surface area contributed by atoms with E-state index in [0.717, 1.165) is 31.8 Å². The van der Waals surface area contributed by atoms with Gasteiger partial charge >= 0.3 is 0 Å². The van der Waals surface area contributed by atoms with Crippen molar-refractivity contribution in [1.82, 2.24) is 10.2 Å². The zero-order valence-corrected chi connectivity index (χ0v) is 12.6. The van der Waals surface area contributed by atoms with Gasteiger partial charge < -0.3 is 15.0 Å². The van der Waals surface area contributed by atoms with Gasteiger partial charge in [0.15, 0.2) is 0 Å². The van der Waals surface area contributed by atoms with E-state index in [1.807, 2.05) is 50.1 Å². The highest BCUT2D eigenvalue weighted by atomic mass is 16.5. The Morgan fingerprint density at radius 3 is 3.00 bits per heavy atom. The first-order valence-electron chi connectivity index (χ1n) is 7.30. The zero-order valence-electron chi connectivity index (χ0n) is 12.6. The van der Waals surface area contributed by atoms with Gasteiger partial charge in [-0.2, -0.15) is 0 Å². The molecule has 4 nitrogen and oxygen atoms in total. The highest BCUT2D eigenvalue weighted by Crippen LogP contribution is 2.21. The number of hydrogen-bond donors (Lipinski definition) is 1. The molecule has 1 N–H and O–H groups in total. The number of carbonyl (C=O) groups excluding carboxylic acids is 1. The van der Waals surface area contributed by atoms with Crippen LogP contribution < -0.4 is 10.1 Å². The third-order valence-corrected chi connectivity index (χ3v) is 3.52. The van der Waals surface area contributed by atoms with Crippen LogP contribution in [0.25, 0.3) is 0 Å². The van der Waals surface area contributed by atoms with Crippen molar-refractivity contribution in [3.05, 3.63) is 29.8 Å². The third-order valence-electron chi connectivity index (χ3n) is 3.52. The van der Waals surface area contributed by atoms with Gasteiger partial charge in [0.25, 0.3) is 5.91 Å². The van der Waals surface area contributed by atoms with Gasteiger partial charge in [-0.05, 0) is 58.0 Å². The molecule has 1 atom stereocenters. The van der Waals surface area contributed by atoms with Crippen LogP contribution >= 0.6 is 0 Å². The number of nitrogens with zero attached hydrogens (tertiary/aromatic N) is 1. The molecule has 1 heterocycles. The van der Waals surface area contributed by atoms with Crippen molar-refractivity contribution in [3.63, 3.8) is 0 Å². The van der Waals surface area contributed by atoms with E-state index in [4.69, 9.17) is 4.74 Å². The SMILES string of the molecule is CNCC1CCN(C(=O)c2cccc(OC(C)C)c2)C1. The minimum atomic E-state index is 0.109. The molecule has 1 aromatic rings. The largest absolute Gasteiger partial charge is 0.491 e. The highest BCUT2D eigenvalue weighted by Gasteiger charge is 2.26. The van der Waals surface area contributed by atoms with E-state index < -0.39 is 0 Å². The molecule has 0 saturated carbocycles. The van der Waals surface area contributed by atoms with Crippen LogP contribution in [0.5, 0.6) is 5.75 Å². The summed E-state index contributed by atoms with van der Waals surface area (Å²) in [5.41, 5.74) is 0.716. The molecule has 2 rings (SSSR count). The lowest BCUT2D eigenvalue weighted by atomic mass is 10.1. The van der Waals surface area contributed by atoms with Crippen LogP contribution in [0.4, 0.5) is 0 Å². The Morgan fingerprint density at radius 2 is 2.30 bits per heavy atom. The normalized spacial score (nSPS) is 18.6. The number of nitrogens with one attached hydrogen (secondary N) is 1. The van der Waals surface area contributed by atoms with Crippen molar-refractivity contribution in [1.29, 1.82) is 0 Å². The molecule has 1 amide bonds. The predicted octanol–water partition coefficient (Wildman–Crippen LogP) is 2.16. The molecule has 1 saturated heterocycles. The standard InChI is InChI=1S/C16H24N2O2/c1-12(2)20-15-6-4-5-14(9-15)16(19)18-8-7-13(11-18)10-17-3/h4-6,9,12-13,17H,7-8,10-11H2,1-3H3. The molecule has 0 aromatic heterocycles. The summed E-state index contributed by atoms with van der Waals surface area (Å²) in [5.74, 6) is 1.44. The minimum absolute atomic E-state index is 0.109. The van der Waals surface area contributed by atoms with Crippen molar-refractivity contribution >= 4 is 5.91 Å². The quantitative estimate of drug-likeness (QED) is 0.896. The lowest BCUT2D eigenvalue weighted by molar-refractivity contribution is 0.0786. The first-order valence-corrected chi connectivity index (χ1v) is 7.30. The maximum absolute atomic E-state index is 12.5. The average molecular weight is 276 g/mol. The fourth-order valence-corrected chi connectivity index (χ4v) is 2.63. The number of likely N-dealkylation sites (tertiary alicyclic amines) is 1. The molecule has 1 aromatic carbocycles. The second kappa shape index (κ2) is 6.75. The lowest BCUT2D eigenvalue weighted by Gasteiger charge is -2.17. The van der Waals surface area contributed by atoms with E-state index in [0.29, 0.717) is 11.5 Å². The summed E-state index contributed by atoms with van der Waals surface area (Å²) in [5, 5.41) is 3.18. The van der Waals surface area contributed by atoms with Crippen molar-refractivity contribution in [2.75, 3.05) is 26.7 Å². The molecule has 1 aliphatic heterocycles. The van der Waals surface area contributed by atoms with Gasteiger partial charge in [-0.15, -0.1) is 0 Å². The zero-order chi connectivity index (χ0) is 14.5. The van der Waals surface area contributed by atoms with Gasteiger partial charge in [-0.1, -0.05) is 6.07 Å². The second-order valence-electron chi connectivity index (χ2n) is 5.66. The number of ether oxygens (including phenoxy) is 1. The topological polar surface area (TPSA) is 41.6 Å². The summed E-state index contributed by atoms with van der Waals surface area (Å²) in [6, 6.07) is 7.48. The van der Waals surface area contributed by atoms with Crippen LogP contribution in [-0.2, 0) is 0 Å². The Labute approximate surface area is 121 Å². The van der Waals surface area contributed by atoms with Crippen LogP contribution in [0, 0.1) is 5.92 Å². The van der Waals surface area contributed by atoms with Gasteiger partial charge in [0, 0.05) is 18.7 Å². The summed E-state index contributed by atoms with van der Waals surface area (Å²) >= 11 is 0. The molecule has 0 radical (unpaired) electrons. The summed E-state index contributed by atoms with van der Waals surface area (Å²) in [7, 11) is 1.96. The van der Waals surface area contributed by atoms with E-state index in [1.165, 1.54) is 0 Å². The Morgan fingerprint density at radius 1 is 1.50 bits per heavy atom. The van der Waals surface area contributed by atoms with E-state index in [-0.39, 0.29) is 12.0 Å². The first kappa shape index (κ1) is 14.9. The Bertz CT molecular complexity index is 460. The smallest absolute Gasteiger partial charge is 0.253 e. The lowest BCUT2D eigenvalue weighted by Crippen LogP contribution is -2.30. The number of rotatable bonds is 5. The summed E-state index contributed by atoms with van der Waals surface area (Å²) in [4.78, 5) is 14.4. The number of benzene rings is 1. The average Bonchev–Trinajstić information content (AvgIpc) is 2.86. The fraction of sp³-hybridized carbons (Fsp3) is 0.562. The van der Waals surface area contributed by atoms with Crippen molar-refractivity contribution in [3.8, 4) is 5.75 Å². The van der Waals surface area contributed by atoms with E-state index >= 15 is 0 Å². The van der Waals surface area contributed by atoms with E-state index in [1.54, 1.807) is 0 Å².